The molecule has 0 fully saturated rings. The highest BCUT2D eigenvalue weighted by molar-refractivity contribution is 5.89. The second-order valence-electron chi connectivity index (χ2n) is 4.23. The maximum absolute atomic E-state index is 11.0. The molecule has 0 aliphatic carbocycles. The van der Waals surface area contributed by atoms with Crippen molar-refractivity contribution in [2.24, 2.45) is 0 Å². The average Bonchev–Trinajstić information content (AvgIpc) is 2.35. The van der Waals surface area contributed by atoms with Gasteiger partial charge >= 0.3 is 5.97 Å². The standard InChI is InChI=1S/C13H19NO4/c1-8-9(4-3-5-10(8)13(17)18)12(16)11(15)6-7-14-2/h3-5,11-12,14-16H,6-7H2,1-2H3,(H,17,18). The van der Waals surface area contributed by atoms with Gasteiger partial charge in [0.2, 0.25) is 0 Å². The Bertz CT molecular complexity index is 419. The van der Waals surface area contributed by atoms with Crippen LogP contribution in [0.3, 0.4) is 0 Å². The predicted molar refractivity (Wildman–Crippen MR) is 67.6 cm³/mol. The summed E-state index contributed by atoms with van der Waals surface area (Å²) in [4.78, 5) is 11.0. The van der Waals surface area contributed by atoms with E-state index in [1.54, 1.807) is 26.1 Å². The lowest BCUT2D eigenvalue weighted by Gasteiger charge is -2.20. The third-order valence-corrected chi connectivity index (χ3v) is 2.98. The predicted octanol–water partition coefficient (Wildman–Crippen LogP) is 0.697. The van der Waals surface area contributed by atoms with Gasteiger partial charge in [-0.05, 0) is 44.1 Å². The Labute approximate surface area is 106 Å². The first-order chi connectivity index (χ1) is 8.49. The van der Waals surface area contributed by atoms with Crippen LogP contribution in [0.4, 0.5) is 0 Å². The molecule has 100 valence electrons. The fourth-order valence-corrected chi connectivity index (χ4v) is 1.86. The van der Waals surface area contributed by atoms with Crippen LogP contribution in [0.15, 0.2) is 18.2 Å². The number of hydrogen-bond acceptors (Lipinski definition) is 4. The van der Waals surface area contributed by atoms with Gasteiger partial charge in [0.25, 0.3) is 0 Å². The van der Waals surface area contributed by atoms with E-state index in [0.29, 0.717) is 24.1 Å². The Kier molecular flexibility index (Phi) is 5.27. The Morgan fingerprint density at radius 1 is 1.39 bits per heavy atom. The highest BCUT2D eigenvalue weighted by Crippen LogP contribution is 2.24. The van der Waals surface area contributed by atoms with E-state index in [9.17, 15) is 15.0 Å². The minimum Gasteiger partial charge on any atom is -0.478 e. The Morgan fingerprint density at radius 2 is 2.06 bits per heavy atom. The van der Waals surface area contributed by atoms with Gasteiger partial charge in [0, 0.05) is 0 Å². The lowest BCUT2D eigenvalue weighted by atomic mass is 9.94. The third kappa shape index (κ3) is 3.29. The molecule has 2 unspecified atom stereocenters. The van der Waals surface area contributed by atoms with Crippen LogP contribution in [-0.4, -0.2) is 41.0 Å². The number of aromatic carboxylic acids is 1. The highest BCUT2D eigenvalue weighted by Gasteiger charge is 2.21. The topological polar surface area (TPSA) is 89.8 Å². The fraction of sp³-hybridized carbons (Fsp3) is 0.462. The van der Waals surface area contributed by atoms with Crippen LogP contribution < -0.4 is 5.32 Å². The summed E-state index contributed by atoms with van der Waals surface area (Å²) in [6, 6.07) is 4.68. The zero-order chi connectivity index (χ0) is 13.7. The van der Waals surface area contributed by atoms with E-state index in [1.807, 2.05) is 0 Å². The molecular formula is C13H19NO4. The molecule has 0 bridgehead atoms. The van der Waals surface area contributed by atoms with Crippen molar-refractivity contribution in [3.8, 4) is 0 Å². The van der Waals surface area contributed by atoms with Crippen molar-refractivity contribution in [2.75, 3.05) is 13.6 Å². The van der Waals surface area contributed by atoms with Crippen LogP contribution in [0.2, 0.25) is 0 Å². The van der Waals surface area contributed by atoms with Crippen LogP contribution >= 0.6 is 0 Å². The first-order valence-corrected chi connectivity index (χ1v) is 5.82. The number of aliphatic hydroxyl groups excluding tert-OH is 2. The van der Waals surface area contributed by atoms with E-state index in [1.165, 1.54) is 6.07 Å². The molecule has 0 aliphatic heterocycles. The van der Waals surface area contributed by atoms with Gasteiger partial charge in [0.05, 0.1) is 11.7 Å². The van der Waals surface area contributed by atoms with Crippen molar-refractivity contribution in [3.63, 3.8) is 0 Å². The monoisotopic (exact) mass is 253 g/mol. The molecule has 1 aromatic carbocycles. The van der Waals surface area contributed by atoms with Gasteiger partial charge in [0.1, 0.15) is 6.10 Å². The minimum atomic E-state index is -1.07. The van der Waals surface area contributed by atoms with Gasteiger partial charge in [-0.15, -0.1) is 0 Å². The van der Waals surface area contributed by atoms with E-state index >= 15 is 0 Å². The van der Waals surface area contributed by atoms with Crippen LogP contribution in [-0.2, 0) is 0 Å². The quantitative estimate of drug-likeness (QED) is 0.599. The van der Waals surface area contributed by atoms with Gasteiger partial charge in [0.15, 0.2) is 0 Å². The SMILES string of the molecule is CNCCC(O)C(O)c1cccc(C(=O)O)c1C. The van der Waals surface area contributed by atoms with Crippen molar-refractivity contribution in [2.45, 2.75) is 25.6 Å². The van der Waals surface area contributed by atoms with Crippen molar-refractivity contribution in [1.82, 2.24) is 5.32 Å². The van der Waals surface area contributed by atoms with Crippen LogP contribution in [0.5, 0.6) is 0 Å². The number of benzene rings is 1. The molecular weight excluding hydrogens is 234 g/mol. The van der Waals surface area contributed by atoms with Gasteiger partial charge < -0.3 is 20.6 Å². The molecule has 0 saturated carbocycles. The van der Waals surface area contributed by atoms with E-state index in [2.05, 4.69) is 5.32 Å². The molecule has 0 spiro atoms. The highest BCUT2D eigenvalue weighted by atomic mass is 16.4. The number of rotatable bonds is 6. The third-order valence-electron chi connectivity index (χ3n) is 2.98. The number of carbonyl (C=O) groups is 1. The molecule has 0 saturated heterocycles. The molecule has 0 heterocycles. The van der Waals surface area contributed by atoms with Gasteiger partial charge in [-0.25, -0.2) is 4.79 Å². The van der Waals surface area contributed by atoms with Gasteiger partial charge in [-0.2, -0.15) is 0 Å². The molecule has 1 rings (SSSR count). The largest absolute Gasteiger partial charge is 0.478 e. The van der Waals surface area contributed by atoms with E-state index in [-0.39, 0.29) is 5.56 Å². The molecule has 0 amide bonds. The lowest BCUT2D eigenvalue weighted by Crippen LogP contribution is -2.24. The van der Waals surface area contributed by atoms with Gasteiger partial charge in [-0.1, -0.05) is 12.1 Å². The fourth-order valence-electron chi connectivity index (χ4n) is 1.86. The molecule has 5 heteroatoms. The molecule has 18 heavy (non-hydrogen) atoms. The molecule has 5 nitrogen and oxygen atoms in total. The molecule has 0 aromatic heterocycles. The number of nitrogens with one attached hydrogen (secondary N) is 1. The van der Waals surface area contributed by atoms with Crippen molar-refractivity contribution in [1.29, 1.82) is 0 Å². The van der Waals surface area contributed by atoms with Crippen molar-refractivity contribution >= 4 is 5.97 Å². The Balaban J connectivity index is 2.95. The lowest BCUT2D eigenvalue weighted by molar-refractivity contribution is 0.0136. The number of carboxylic acid groups (broad SMARTS) is 1. The molecule has 1 aromatic rings. The summed E-state index contributed by atoms with van der Waals surface area (Å²) in [5.41, 5.74) is 1.09. The maximum atomic E-state index is 11.0. The molecule has 0 aliphatic rings. The van der Waals surface area contributed by atoms with Crippen LogP contribution in [0.1, 0.15) is 34.0 Å². The Morgan fingerprint density at radius 3 is 2.61 bits per heavy atom. The second kappa shape index (κ2) is 6.49. The molecule has 4 N–H and O–H groups in total. The van der Waals surface area contributed by atoms with E-state index in [4.69, 9.17) is 5.11 Å². The van der Waals surface area contributed by atoms with Crippen LogP contribution in [0.25, 0.3) is 0 Å². The summed E-state index contributed by atoms with van der Waals surface area (Å²) in [6.07, 6.45) is -1.59. The first kappa shape index (κ1) is 14.6. The summed E-state index contributed by atoms with van der Waals surface area (Å²) >= 11 is 0. The summed E-state index contributed by atoms with van der Waals surface area (Å²) in [7, 11) is 1.76. The molecule has 2 atom stereocenters. The summed E-state index contributed by atoms with van der Waals surface area (Å²) in [5, 5.41) is 31.7. The maximum Gasteiger partial charge on any atom is 0.335 e. The van der Waals surface area contributed by atoms with E-state index < -0.39 is 18.2 Å². The molecule has 0 radical (unpaired) electrons. The second-order valence-corrected chi connectivity index (χ2v) is 4.23. The summed E-state index contributed by atoms with van der Waals surface area (Å²) in [5.74, 6) is -1.04. The van der Waals surface area contributed by atoms with Gasteiger partial charge in [-0.3, -0.25) is 0 Å². The summed E-state index contributed by atoms with van der Waals surface area (Å²) < 4.78 is 0. The van der Waals surface area contributed by atoms with Crippen molar-refractivity contribution in [3.05, 3.63) is 34.9 Å². The van der Waals surface area contributed by atoms with Crippen LogP contribution in [0, 0.1) is 6.92 Å². The average molecular weight is 253 g/mol. The number of aliphatic hydroxyl groups is 2. The smallest absolute Gasteiger partial charge is 0.335 e. The first-order valence-electron chi connectivity index (χ1n) is 5.82. The zero-order valence-corrected chi connectivity index (χ0v) is 10.6. The number of hydrogen-bond donors (Lipinski definition) is 4. The normalized spacial score (nSPS) is 14.2. The summed E-state index contributed by atoms with van der Waals surface area (Å²) in [6.45, 7) is 2.21. The minimum absolute atomic E-state index is 0.146. The Hall–Kier alpha value is -1.43. The van der Waals surface area contributed by atoms with Crippen molar-refractivity contribution < 1.29 is 20.1 Å². The number of carboxylic acids is 1. The zero-order valence-electron chi connectivity index (χ0n) is 10.6. The van der Waals surface area contributed by atoms with E-state index in [0.717, 1.165) is 0 Å².